The number of hydrogen-bond donors (Lipinski definition) is 1. The number of allylic oxidation sites excluding steroid dienone is 2. The summed E-state index contributed by atoms with van der Waals surface area (Å²) >= 11 is 1.90. The summed E-state index contributed by atoms with van der Waals surface area (Å²) in [6.45, 7) is 8.67. The average molecular weight is 327 g/mol. The third-order valence-corrected chi connectivity index (χ3v) is 4.81. The van der Waals surface area contributed by atoms with Crippen molar-refractivity contribution in [1.82, 2.24) is 0 Å². The highest BCUT2D eigenvalue weighted by molar-refractivity contribution is 7.99. The second kappa shape index (κ2) is 9.93. The standard InChI is InChI=1S/C17H29NO3S/c1-5-8-14(18-21-6-2)17-15(19)10-13(11-16(17)20)9-12(4)22-7-3/h12-13,19H,5-11H2,1-4H3/b18-14+/t12-,13-/m1/s1. The van der Waals surface area contributed by atoms with E-state index in [1.165, 1.54) is 0 Å². The summed E-state index contributed by atoms with van der Waals surface area (Å²) in [4.78, 5) is 17.6. The zero-order valence-corrected chi connectivity index (χ0v) is 15.0. The average Bonchev–Trinajstić information content (AvgIpc) is 2.44. The summed E-state index contributed by atoms with van der Waals surface area (Å²) in [5.41, 5.74) is 1.00. The lowest BCUT2D eigenvalue weighted by Gasteiger charge is -2.25. The van der Waals surface area contributed by atoms with Gasteiger partial charge in [-0.15, -0.1) is 0 Å². The Hall–Kier alpha value is -0.970. The minimum Gasteiger partial charge on any atom is -0.511 e. The Morgan fingerprint density at radius 1 is 1.41 bits per heavy atom. The monoisotopic (exact) mass is 327 g/mol. The van der Waals surface area contributed by atoms with Crippen LogP contribution in [0.3, 0.4) is 0 Å². The SMILES string of the molecule is CCC/C(=N\OCC)C1=C(O)C[C@@H](C[C@@H](C)SCC)CC1=O. The molecule has 0 spiro atoms. The van der Waals surface area contributed by atoms with Crippen LogP contribution in [0.25, 0.3) is 0 Å². The van der Waals surface area contributed by atoms with E-state index >= 15 is 0 Å². The molecule has 1 rings (SSSR count). The number of carbonyl (C=O) groups is 1. The molecular weight excluding hydrogens is 298 g/mol. The van der Waals surface area contributed by atoms with Gasteiger partial charge in [-0.1, -0.05) is 32.3 Å². The van der Waals surface area contributed by atoms with Crippen LogP contribution < -0.4 is 0 Å². The van der Waals surface area contributed by atoms with Gasteiger partial charge < -0.3 is 9.94 Å². The minimum atomic E-state index is 0.00866. The molecule has 0 aromatic rings. The zero-order chi connectivity index (χ0) is 16.5. The highest BCUT2D eigenvalue weighted by atomic mass is 32.2. The van der Waals surface area contributed by atoms with Crippen molar-refractivity contribution in [2.45, 2.75) is 65.0 Å². The Morgan fingerprint density at radius 2 is 2.14 bits per heavy atom. The molecule has 5 heteroatoms. The van der Waals surface area contributed by atoms with Crippen molar-refractivity contribution in [2.75, 3.05) is 12.4 Å². The molecule has 0 aliphatic heterocycles. The number of thioether (sulfide) groups is 1. The number of aliphatic hydroxyl groups is 1. The van der Waals surface area contributed by atoms with Crippen molar-refractivity contribution < 1.29 is 14.7 Å². The highest BCUT2D eigenvalue weighted by Crippen LogP contribution is 2.32. The molecule has 0 amide bonds. The Bertz CT molecular complexity index is 432. The Labute approximate surface area is 138 Å². The van der Waals surface area contributed by atoms with Crippen LogP contribution in [0, 0.1) is 5.92 Å². The lowest BCUT2D eigenvalue weighted by molar-refractivity contribution is -0.116. The topological polar surface area (TPSA) is 58.9 Å². The van der Waals surface area contributed by atoms with Crippen LogP contribution in [0.1, 0.15) is 59.8 Å². The van der Waals surface area contributed by atoms with E-state index in [-0.39, 0.29) is 17.5 Å². The van der Waals surface area contributed by atoms with E-state index in [4.69, 9.17) is 4.84 Å². The molecule has 0 saturated heterocycles. The van der Waals surface area contributed by atoms with Gasteiger partial charge in [-0.2, -0.15) is 11.8 Å². The number of rotatable bonds is 9. The molecule has 0 saturated carbocycles. The van der Waals surface area contributed by atoms with Gasteiger partial charge in [0.1, 0.15) is 12.4 Å². The maximum absolute atomic E-state index is 12.5. The fraction of sp³-hybridized carbons (Fsp3) is 0.765. The summed E-state index contributed by atoms with van der Waals surface area (Å²) in [6, 6.07) is 0. The normalized spacial score (nSPS) is 21.2. The lowest BCUT2D eigenvalue weighted by atomic mass is 9.82. The quantitative estimate of drug-likeness (QED) is 0.500. The van der Waals surface area contributed by atoms with E-state index in [1.54, 1.807) is 0 Å². The van der Waals surface area contributed by atoms with E-state index in [0.29, 0.717) is 42.4 Å². The maximum Gasteiger partial charge on any atom is 0.168 e. The zero-order valence-electron chi connectivity index (χ0n) is 14.2. The van der Waals surface area contributed by atoms with Gasteiger partial charge in [0, 0.05) is 18.1 Å². The fourth-order valence-electron chi connectivity index (χ4n) is 2.88. The predicted molar refractivity (Wildman–Crippen MR) is 93.6 cm³/mol. The first-order valence-corrected chi connectivity index (χ1v) is 9.34. The van der Waals surface area contributed by atoms with Crippen LogP contribution in [-0.4, -0.2) is 34.2 Å². The number of oxime groups is 1. The van der Waals surface area contributed by atoms with E-state index in [9.17, 15) is 9.90 Å². The first-order valence-electron chi connectivity index (χ1n) is 8.29. The summed E-state index contributed by atoms with van der Waals surface area (Å²) in [5.74, 6) is 1.52. The van der Waals surface area contributed by atoms with Gasteiger partial charge in [-0.05, 0) is 31.4 Å². The van der Waals surface area contributed by atoms with Crippen molar-refractivity contribution in [3.8, 4) is 0 Å². The summed E-state index contributed by atoms with van der Waals surface area (Å²) in [6.07, 6.45) is 3.56. The molecule has 4 nitrogen and oxygen atoms in total. The van der Waals surface area contributed by atoms with Gasteiger partial charge in [0.15, 0.2) is 5.78 Å². The molecule has 1 N–H and O–H groups in total. The second-order valence-corrected chi connectivity index (χ2v) is 7.44. The summed E-state index contributed by atoms with van der Waals surface area (Å²) in [7, 11) is 0. The van der Waals surface area contributed by atoms with Crippen molar-refractivity contribution in [2.24, 2.45) is 11.1 Å². The van der Waals surface area contributed by atoms with Gasteiger partial charge in [0.05, 0.1) is 11.3 Å². The first-order chi connectivity index (χ1) is 10.5. The van der Waals surface area contributed by atoms with Crippen molar-refractivity contribution in [3.63, 3.8) is 0 Å². The predicted octanol–water partition coefficient (Wildman–Crippen LogP) is 4.50. The molecule has 0 aromatic carbocycles. The molecule has 1 aliphatic carbocycles. The van der Waals surface area contributed by atoms with Crippen LogP contribution in [0.5, 0.6) is 0 Å². The molecule has 0 bridgehead atoms. The minimum absolute atomic E-state index is 0.00866. The van der Waals surface area contributed by atoms with Crippen molar-refractivity contribution in [1.29, 1.82) is 0 Å². The van der Waals surface area contributed by atoms with E-state index in [1.807, 2.05) is 25.6 Å². The number of nitrogens with zero attached hydrogens (tertiary/aromatic N) is 1. The Morgan fingerprint density at radius 3 is 2.68 bits per heavy atom. The molecule has 2 atom stereocenters. The second-order valence-electron chi connectivity index (χ2n) is 5.73. The van der Waals surface area contributed by atoms with Gasteiger partial charge >= 0.3 is 0 Å². The van der Waals surface area contributed by atoms with Crippen LogP contribution in [0.2, 0.25) is 0 Å². The molecular formula is C17H29NO3S. The van der Waals surface area contributed by atoms with Gasteiger partial charge in [0.25, 0.3) is 0 Å². The third kappa shape index (κ3) is 5.67. The molecule has 0 aromatic heterocycles. The number of Topliss-reactive ketones (excluding diaryl/α,β-unsaturated/α-hetero) is 1. The highest BCUT2D eigenvalue weighted by Gasteiger charge is 2.31. The van der Waals surface area contributed by atoms with Crippen molar-refractivity contribution in [3.05, 3.63) is 11.3 Å². The summed E-state index contributed by atoms with van der Waals surface area (Å²) < 4.78 is 0. The molecule has 126 valence electrons. The molecule has 1 aliphatic rings. The lowest BCUT2D eigenvalue weighted by Crippen LogP contribution is -2.26. The Kier molecular flexibility index (Phi) is 8.61. The van der Waals surface area contributed by atoms with E-state index in [0.717, 1.165) is 18.6 Å². The number of carbonyl (C=O) groups excluding carboxylic acids is 1. The molecule has 0 fully saturated rings. The maximum atomic E-state index is 12.5. The van der Waals surface area contributed by atoms with Gasteiger partial charge in [-0.25, -0.2) is 0 Å². The van der Waals surface area contributed by atoms with Crippen LogP contribution in [-0.2, 0) is 9.63 Å². The third-order valence-electron chi connectivity index (χ3n) is 3.72. The van der Waals surface area contributed by atoms with E-state index < -0.39 is 0 Å². The largest absolute Gasteiger partial charge is 0.511 e. The number of aliphatic hydroxyl groups excluding tert-OH is 1. The molecule has 0 unspecified atom stereocenters. The first kappa shape index (κ1) is 19.1. The number of ketones is 1. The van der Waals surface area contributed by atoms with Crippen molar-refractivity contribution >= 4 is 23.3 Å². The Balaban J connectivity index is 2.85. The van der Waals surface area contributed by atoms with Crippen LogP contribution >= 0.6 is 11.8 Å². The molecule has 0 radical (unpaired) electrons. The molecule has 22 heavy (non-hydrogen) atoms. The smallest absolute Gasteiger partial charge is 0.168 e. The fourth-order valence-corrected chi connectivity index (χ4v) is 3.86. The molecule has 0 heterocycles. The van der Waals surface area contributed by atoms with Gasteiger partial charge in [-0.3, -0.25) is 4.79 Å². The van der Waals surface area contributed by atoms with E-state index in [2.05, 4.69) is 19.0 Å². The van der Waals surface area contributed by atoms with Gasteiger partial charge in [0.2, 0.25) is 0 Å². The number of hydrogen-bond acceptors (Lipinski definition) is 5. The summed E-state index contributed by atoms with van der Waals surface area (Å²) in [5, 5.41) is 14.9. The van der Waals surface area contributed by atoms with Crippen LogP contribution in [0.4, 0.5) is 0 Å². The van der Waals surface area contributed by atoms with Crippen LogP contribution in [0.15, 0.2) is 16.5 Å².